The number of carboxylic acids is 1. The van der Waals surface area contributed by atoms with E-state index in [1.807, 2.05) is 6.92 Å². The monoisotopic (exact) mass is 413 g/mol. The summed E-state index contributed by atoms with van der Waals surface area (Å²) in [6.45, 7) is 5.36. The lowest BCUT2D eigenvalue weighted by atomic mass is 10.0. The summed E-state index contributed by atoms with van der Waals surface area (Å²) in [5.74, 6) is -0.102. The van der Waals surface area contributed by atoms with E-state index in [2.05, 4.69) is 15.2 Å². The number of aromatic nitrogens is 3. The minimum absolute atomic E-state index is 0.00388. The van der Waals surface area contributed by atoms with Crippen LogP contribution in [0.15, 0.2) is 38.7 Å². The molecule has 9 nitrogen and oxygen atoms in total. The van der Waals surface area contributed by atoms with Crippen LogP contribution < -0.4 is 5.11 Å². The summed E-state index contributed by atoms with van der Waals surface area (Å²) >= 11 is 0.840. The fourth-order valence-corrected chi connectivity index (χ4v) is 3.30. The van der Waals surface area contributed by atoms with Crippen LogP contribution in [0.3, 0.4) is 0 Å². The molecule has 3 rings (SSSR count). The Morgan fingerprint density at radius 1 is 1.34 bits per heavy atom. The van der Waals surface area contributed by atoms with Gasteiger partial charge in [0.2, 0.25) is 5.16 Å². The standard InChI is InChI=1S/C19H18N4O5S/c1-4-17-20-19(22-21-17)29-16(18(24)25)9-13-5-6-15(28-13)12-7-10(2)11(3)14(8-12)23(26)27/h5-9H,4H2,1-3H3,(H,24,25)(H,20,21,22)/p-1/b16-9+. The van der Waals surface area contributed by atoms with Gasteiger partial charge in [0.15, 0.2) is 0 Å². The van der Waals surface area contributed by atoms with E-state index in [0.29, 0.717) is 29.1 Å². The van der Waals surface area contributed by atoms with Crippen LogP contribution in [0.5, 0.6) is 0 Å². The molecule has 0 saturated heterocycles. The predicted octanol–water partition coefficient (Wildman–Crippen LogP) is 3.04. The molecule has 0 aliphatic heterocycles. The highest BCUT2D eigenvalue weighted by atomic mass is 32.2. The summed E-state index contributed by atoms with van der Waals surface area (Å²) in [6.07, 6.45) is 1.95. The lowest BCUT2D eigenvalue weighted by Crippen LogP contribution is -2.23. The molecule has 0 atom stereocenters. The maximum absolute atomic E-state index is 11.5. The zero-order valence-corrected chi connectivity index (χ0v) is 16.7. The summed E-state index contributed by atoms with van der Waals surface area (Å²) in [4.78, 5) is 26.3. The molecule has 2 heterocycles. The molecule has 1 aromatic carbocycles. The number of aromatic amines is 1. The van der Waals surface area contributed by atoms with Crippen molar-refractivity contribution < 1.29 is 19.2 Å². The average Bonchev–Trinajstić information content (AvgIpc) is 3.32. The van der Waals surface area contributed by atoms with Crippen molar-refractivity contribution in [3.05, 3.63) is 62.0 Å². The molecule has 0 amide bonds. The fourth-order valence-electron chi connectivity index (χ4n) is 2.60. The second kappa shape index (κ2) is 8.31. The van der Waals surface area contributed by atoms with Crippen LogP contribution in [-0.2, 0) is 11.2 Å². The van der Waals surface area contributed by atoms with Crippen molar-refractivity contribution in [1.29, 1.82) is 0 Å². The molecule has 29 heavy (non-hydrogen) atoms. The Balaban J connectivity index is 1.91. The minimum Gasteiger partial charge on any atom is -0.544 e. The number of aryl methyl sites for hydroxylation is 2. The Bertz CT molecular complexity index is 1120. The SMILES string of the molecule is CCc1nc(S/C(=C/c2ccc(-c3cc(C)c(C)c([N+](=O)[O-])c3)o2)C(=O)[O-])n[nH]1. The molecular weight excluding hydrogens is 396 g/mol. The molecule has 0 radical (unpaired) electrons. The smallest absolute Gasteiger partial charge is 0.273 e. The number of thioether (sulfide) groups is 1. The Hall–Kier alpha value is -3.40. The first-order valence-corrected chi connectivity index (χ1v) is 9.48. The van der Waals surface area contributed by atoms with Gasteiger partial charge in [0.25, 0.3) is 5.69 Å². The lowest BCUT2D eigenvalue weighted by Gasteiger charge is -2.05. The van der Waals surface area contributed by atoms with Gasteiger partial charge in [0, 0.05) is 28.5 Å². The highest BCUT2D eigenvalue weighted by molar-refractivity contribution is 8.04. The van der Waals surface area contributed by atoms with Gasteiger partial charge in [-0.2, -0.15) is 0 Å². The van der Waals surface area contributed by atoms with Gasteiger partial charge in [-0.15, -0.1) is 5.10 Å². The van der Waals surface area contributed by atoms with Gasteiger partial charge in [0.05, 0.1) is 10.9 Å². The number of benzene rings is 1. The van der Waals surface area contributed by atoms with E-state index in [0.717, 1.165) is 17.3 Å². The maximum atomic E-state index is 11.5. The number of nitrogens with one attached hydrogen (secondary N) is 1. The van der Waals surface area contributed by atoms with E-state index in [9.17, 15) is 20.0 Å². The van der Waals surface area contributed by atoms with Crippen LogP contribution in [0.4, 0.5) is 5.69 Å². The summed E-state index contributed by atoms with van der Waals surface area (Å²) in [5, 5.41) is 29.7. The highest BCUT2D eigenvalue weighted by Gasteiger charge is 2.17. The molecule has 0 aliphatic rings. The number of aliphatic carboxylic acids is 1. The molecule has 150 valence electrons. The number of rotatable bonds is 7. The number of H-pyrrole nitrogens is 1. The minimum atomic E-state index is -1.39. The number of nitro benzene ring substituents is 1. The molecule has 1 N–H and O–H groups in total. The molecule has 0 aliphatic carbocycles. The molecule has 0 bridgehead atoms. The second-order valence-corrected chi connectivity index (χ2v) is 7.22. The van der Waals surface area contributed by atoms with Crippen molar-refractivity contribution in [2.75, 3.05) is 0 Å². The summed E-state index contributed by atoms with van der Waals surface area (Å²) in [7, 11) is 0. The zero-order chi connectivity index (χ0) is 21.1. The molecule has 3 aromatic rings. The van der Waals surface area contributed by atoms with E-state index in [-0.39, 0.29) is 21.5 Å². The van der Waals surface area contributed by atoms with Crippen molar-refractivity contribution >= 4 is 29.5 Å². The topological polar surface area (TPSA) is 138 Å². The van der Waals surface area contributed by atoms with Gasteiger partial charge in [0.1, 0.15) is 17.3 Å². The van der Waals surface area contributed by atoms with Crippen molar-refractivity contribution in [2.24, 2.45) is 0 Å². The van der Waals surface area contributed by atoms with Gasteiger partial charge < -0.3 is 14.3 Å². The summed E-state index contributed by atoms with van der Waals surface area (Å²) < 4.78 is 5.69. The number of nitrogens with zero attached hydrogens (tertiary/aromatic N) is 3. The first kappa shape index (κ1) is 20.3. The third-order valence-electron chi connectivity index (χ3n) is 4.27. The van der Waals surface area contributed by atoms with E-state index < -0.39 is 10.9 Å². The summed E-state index contributed by atoms with van der Waals surface area (Å²) in [5.41, 5.74) is 1.86. The van der Waals surface area contributed by atoms with Crippen molar-refractivity contribution in [1.82, 2.24) is 15.2 Å². The molecule has 0 spiro atoms. The van der Waals surface area contributed by atoms with Crippen LogP contribution in [0.25, 0.3) is 17.4 Å². The largest absolute Gasteiger partial charge is 0.544 e. The van der Waals surface area contributed by atoms with Gasteiger partial charge >= 0.3 is 0 Å². The molecule has 10 heteroatoms. The first-order chi connectivity index (χ1) is 13.8. The number of carbonyl (C=O) groups is 1. The van der Waals surface area contributed by atoms with E-state index in [1.165, 1.54) is 12.1 Å². The molecule has 2 aromatic heterocycles. The normalized spacial score (nSPS) is 11.6. The van der Waals surface area contributed by atoms with Crippen molar-refractivity contribution in [3.63, 3.8) is 0 Å². The number of furan rings is 1. The third-order valence-corrected chi connectivity index (χ3v) is 5.14. The van der Waals surface area contributed by atoms with E-state index >= 15 is 0 Å². The lowest BCUT2D eigenvalue weighted by molar-refractivity contribution is -0.385. The zero-order valence-electron chi connectivity index (χ0n) is 15.9. The third kappa shape index (κ3) is 4.54. The quantitative estimate of drug-likeness (QED) is 0.270. The van der Waals surface area contributed by atoms with Crippen LogP contribution >= 0.6 is 11.8 Å². The molecule has 0 fully saturated rings. The Morgan fingerprint density at radius 3 is 2.72 bits per heavy atom. The number of hydrogen-bond donors (Lipinski definition) is 1. The van der Waals surface area contributed by atoms with Crippen molar-refractivity contribution in [3.8, 4) is 11.3 Å². The van der Waals surface area contributed by atoms with Crippen LogP contribution in [0.1, 0.15) is 29.6 Å². The van der Waals surface area contributed by atoms with E-state index in [4.69, 9.17) is 4.42 Å². The van der Waals surface area contributed by atoms with Crippen LogP contribution in [0, 0.1) is 24.0 Å². The van der Waals surface area contributed by atoms with Crippen molar-refractivity contribution in [2.45, 2.75) is 32.3 Å². The van der Waals surface area contributed by atoms with Gasteiger partial charge in [-0.05, 0) is 55.4 Å². The number of nitro groups is 1. The highest BCUT2D eigenvalue weighted by Crippen LogP contribution is 2.32. The predicted molar refractivity (Wildman–Crippen MR) is 105 cm³/mol. The average molecular weight is 413 g/mol. The molecular formula is C19H17N4O5S-. The Morgan fingerprint density at radius 2 is 2.10 bits per heavy atom. The second-order valence-electron chi connectivity index (χ2n) is 6.21. The number of carboxylic acid groups (broad SMARTS) is 1. The Labute approximate surface area is 170 Å². The first-order valence-electron chi connectivity index (χ1n) is 8.66. The fraction of sp³-hybridized carbons (Fsp3) is 0.211. The maximum Gasteiger partial charge on any atom is 0.273 e. The number of carbonyl (C=O) groups excluding carboxylic acids is 1. The van der Waals surface area contributed by atoms with Gasteiger partial charge in [-0.25, -0.2) is 4.98 Å². The van der Waals surface area contributed by atoms with Gasteiger partial charge in [-0.1, -0.05) is 6.92 Å². The van der Waals surface area contributed by atoms with Crippen LogP contribution in [0.2, 0.25) is 0 Å². The Kier molecular flexibility index (Phi) is 5.83. The number of hydrogen-bond acceptors (Lipinski definition) is 8. The van der Waals surface area contributed by atoms with Crippen LogP contribution in [-0.4, -0.2) is 26.1 Å². The molecule has 0 unspecified atom stereocenters. The summed E-state index contributed by atoms with van der Waals surface area (Å²) in [6, 6.07) is 6.42. The van der Waals surface area contributed by atoms with E-state index in [1.54, 1.807) is 32.0 Å². The van der Waals surface area contributed by atoms with Gasteiger partial charge in [-0.3, -0.25) is 15.2 Å². The molecule has 0 saturated carbocycles.